The molecule has 0 unspecified atom stereocenters. The molecule has 0 aliphatic carbocycles. The molecule has 0 N–H and O–H groups in total. The predicted molar refractivity (Wildman–Crippen MR) is 51.8 cm³/mol. The molecule has 2 heterocycles. The van der Waals surface area contributed by atoms with E-state index >= 15 is 0 Å². The van der Waals surface area contributed by atoms with Gasteiger partial charge >= 0.3 is 11.9 Å². The summed E-state index contributed by atoms with van der Waals surface area (Å²) in [4.78, 5) is 28.6. The molecule has 0 radical (unpaired) electrons. The number of fused-ring (bicyclic) bond motifs is 1. The molecule has 6 heteroatoms. The fourth-order valence-corrected chi connectivity index (χ4v) is 1.95. The second kappa shape index (κ2) is 3.48. The molecule has 6 nitrogen and oxygen atoms in total. The van der Waals surface area contributed by atoms with Crippen molar-refractivity contribution in [1.29, 1.82) is 0 Å². The molecule has 0 aromatic carbocycles. The van der Waals surface area contributed by atoms with Gasteiger partial charge in [0.05, 0.1) is 13.2 Å². The molecule has 0 aromatic heterocycles. The van der Waals surface area contributed by atoms with E-state index in [-0.39, 0.29) is 18.2 Å². The summed E-state index contributed by atoms with van der Waals surface area (Å²) in [6, 6.07) is -0.110. The zero-order valence-corrected chi connectivity index (χ0v) is 9.35. The lowest BCUT2D eigenvalue weighted by Gasteiger charge is -2.39. The minimum atomic E-state index is -1.20. The highest BCUT2D eigenvalue weighted by molar-refractivity contribution is 6.01. The summed E-state index contributed by atoms with van der Waals surface area (Å²) in [6.45, 7) is 3.68. The van der Waals surface area contributed by atoms with Crippen LogP contribution in [-0.2, 0) is 23.9 Å². The van der Waals surface area contributed by atoms with E-state index in [1.54, 1.807) is 6.92 Å². The van der Waals surface area contributed by atoms with E-state index in [0.717, 1.165) is 0 Å². The van der Waals surface area contributed by atoms with Crippen molar-refractivity contribution in [1.82, 2.24) is 5.06 Å². The average molecular weight is 227 g/mol. The van der Waals surface area contributed by atoms with Crippen LogP contribution >= 0.6 is 0 Å². The van der Waals surface area contributed by atoms with E-state index in [9.17, 15) is 9.59 Å². The second-order valence-electron chi connectivity index (χ2n) is 3.97. The van der Waals surface area contributed by atoms with Crippen LogP contribution in [0.2, 0.25) is 0 Å². The maximum absolute atomic E-state index is 11.8. The van der Waals surface area contributed by atoms with E-state index in [0.29, 0.717) is 0 Å². The van der Waals surface area contributed by atoms with Crippen LogP contribution in [0, 0.1) is 0 Å². The number of hydrogen-bond donors (Lipinski definition) is 0. The molecular formula is C10H13NO5. The fraction of sp³-hybridized carbons (Fsp3) is 0.600. The first kappa shape index (κ1) is 10.9. The molecule has 2 rings (SSSR count). The summed E-state index contributed by atoms with van der Waals surface area (Å²) in [5.74, 6) is -1.09. The minimum absolute atomic E-state index is 0.110. The maximum Gasteiger partial charge on any atom is 0.339 e. The standard InChI is InChI=1S/C10H13NO5/c1-6-4-15-9(13)10(2)7(8(12)14-3)5-16-11(6)10/h5-6H,4H2,1-3H3/t6-,10-/m0/s1. The van der Waals surface area contributed by atoms with E-state index in [4.69, 9.17) is 9.57 Å². The number of hydrogen-bond acceptors (Lipinski definition) is 6. The number of hydroxylamine groups is 2. The topological polar surface area (TPSA) is 65.1 Å². The molecule has 88 valence electrons. The highest BCUT2D eigenvalue weighted by Gasteiger charge is 2.57. The molecule has 0 saturated carbocycles. The van der Waals surface area contributed by atoms with Gasteiger partial charge in [0.1, 0.15) is 18.4 Å². The highest BCUT2D eigenvalue weighted by Crippen LogP contribution is 2.37. The SMILES string of the molecule is COC(=O)C1=CON2[C@@H](C)COC(=O)[C@]12C. The number of methoxy groups -OCH3 is 1. The van der Waals surface area contributed by atoms with Gasteiger partial charge in [0, 0.05) is 0 Å². The molecule has 1 fully saturated rings. The molecule has 0 aromatic rings. The van der Waals surface area contributed by atoms with Crippen LogP contribution in [0.15, 0.2) is 11.8 Å². The van der Waals surface area contributed by atoms with Gasteiger partial charge in [-0.15, -0.1) is 5.06 Å². The van der Waals surface area contributed by atoms with Crippen molar-refractivity contribution in [3.63, 3.8) is 0 Å². The Morgan fingerprint density at radius 3 is 3.00 bits per heavy atom. The average Bonchev–Trinajstić information content (AvgIpc) is 2.63. The Labute approximate surface area is 92.7 Å². The highest BCUT2D eigenvalue weighted by atomic mass is 16.7. The number of rotatable bonds is 1. The normalized spacial score (nSPS) is 33.6. The van der Waals surface area contributed by atoms with Crippen LogP contribution in [0.1, 0.15) is 13.8 Å². The van der Waals surface area contributed by atoms with Gasteiger partial charge in [0.15, 0.2) is 5.54 Å². The lowest BCUT2D eigenvalue weighted by atomic mass is 9.90. The monoisotopic (exact) mass is 227 g/mol. The van der Waals surface area contributed by atoms with E-state index in [1.807, 2.05) is 6.92 Å². The van der Waals surface area contributed by atoms with Gasteiger partial charge in [-0.05, 0) is 13.8 Å². The maximum atomic E-state index is 11.8. The number of carbonyl (C=O) groups excluding carboxylic acids is 2. The van der Waals surface area contributed by atoms with Gasteiger partial charge in [-0.25, -0.2) is 9.59 Å². The number of esters is 2. The summed E-state index contributed by atoms with van der Waals surface area (Å²) >= 11 is 0. The van der Waals surface area contributed by atoms with Crippen molar-refractivity contribution in [2.24, 2.45) is 0 Å². The van der Waals surface area contributed by atoms with Crippen molar-refractivity contribution in [3.8, 4) is 0 Å². The molecule has 2 aliphatic rings. The van der Waals surface area contributed by atoms with Crippen molar-refractivity contribution in [3.05, 3.63) is 11.8 Å². The minimum Gasteiger partial charge on any atom is -0.466 e. The van der Waals surface area contributed by atoms with Gasteiger partial charge in [0.2, 0.25) is 0 Å². The summed E-state index contributed by atoms with van der Waals surface area (Å²) in [5, 5.41) is 1.46. The lowest BCUT2D eigenvalue weighted by molar-refractivity contribution is -0.222. The van der Waals surface area contributed by atoms with E-state index < -0.39 is 17.5 Å². The fourth-order valence-electron chi connectivity index (χ4n) is 1.95. The number of cyclic esters (lactones) is 1. The summed E-state index contributed by atoms with van der Waals surface area (Å²) < 4.78 is 9.63. The first-order valence-corrected chi connectivity index (χ1v) is 4.94. The summed E-state index contributed by atoms with van der Waals surface area (Å²) in [6.07, 6.45) is 1.24. The van der Waals surface area contributed by atoms with Crippen molar-refractivity contribution >= 4 is 11.9 Å². The van der Waals surface area contributed by atoms with Gasteiger partial charge < -0.3 is 14.3 Å². The van der Waals surface area contributed by atoms with E-state index in [2.05, 4.69) is 4.74 Å². The zero-order chi connectivity index (χ0) is 11.9. The summed E-state index contributed by atoms with van der Waals surface area (Å²) in [7, 11) is 1.26. The molecule has 2 aliphatic heterocycles. The number of nitrogens with zero attached hydrogens (tertiary/aromatic N) is 1. The van der Waals surface area contributed by atoms with Crippen LogP contribution in [0.4, 0.5) is 0 Å². The largest absolute Gasteiger partial charge is 0.466 e. The van der Waals surface area contributed by atoms with Gasteiger partial charge in [-0.3, -0.25) is 0 Å². The first-order chi connectivity index (χ1) is 7.51. The second-order valence-corrected chi connectivity index (χ2v) is 3.97. The Bertz CT molecular complexity index is 377. The van der Waals surface area contributed by atoms with Crippen LogP contribution in [0.5, 0.6) is 0 Å². The number of morpholine rings is 1. The van der Waals surface area contributed by atoms with Crippen LogP contribution in [0.3, 0.4) is 0 Å². The number of carbonyl (C=O) groups is 2. The Kier molecular flexibility index (Phi) is 2.38. The molecule has 2 atom stereocenters. The zero-order valence-electron chi connectivity index (χ0n) is 9.35. The summed E-state index contributed by atoms with van der Waals surface area (Å²) in [5.41, 5.74) is -1.04. The van der Waals surface area contributed by atoms with E-state index in [1.165, 1.54) is 18.4 Å². The molecule has 0 spiro atoms. The van der Waals surface area contributed by atoms with Gasteiger partial charge in [-0.1, -0.05) is 0 Å². The smallest absolute Gasteiger partial charge is 0.339 e. The lowest BCUT2D eigenvalue weighted by Crippen LogP contribution is -2.60. The molecule has 1 saturated heterocycles. The van der Waals surface area contributed by atoms with Crippen LogP contribution in [0.25, 0.3) is 0 Å². The Morgan fingerprint density at radius 1 is 1.69 bits per heavy atom. The van der Waals surface area contributed by atoms with Crippen LogP contribution in [-0.4, -0.2) is 42.3 Å². The molecule has 16 heavy (non-hydrogen) atoms. The predicted octanol–water partition coefficient (Wildman–Crippen LogP) is -0.00550. The molecule has 0 bridgehead atoms. The Balaban J connectivity index is 2.38. The molecule has 0 amide bonds. The molecular weight excluding hydrogens is 214 g/mol. The Morgan fingerprint density at radius 2 is 2.38 bits per heavy atom. The third kappa shape index (κ3) is 1.23. The third-order valence-electron chi connectivity index (χ3n) is 2.91. The quantitative estimate of drug-likeness (QED) is 0.587. The van der Waals surface area contributed by atoms with Gasteiger partial charge in [0.25, 0.3) is 0 Å². The van der Waals surface area contributed by atoms with Crippen molar-refractivity contribution in [2.45, 2.75) is 25.4 Å². The number of ether oxygens (including phenoxy) is 2. The van der Waals surface area contributed by atoms with Gasteiger partial charge in [-0.2, -0.15) is 0 Å². The van der Waals surface area contributed by atoms with Crippen molar-refractivity contribution < 1.29 is 23.9 Å². The first-order valence-electron chi connectivity index (χ1n) is 4.94. The third-order valence-corrected chi connectivity index (χ3v) is 2.91. The van der Waals surface area contributed by atoms with Crippen LogP contribution < -0.4 is 0 Å². The Hall–Kier alpha value is -1.56. The van der Waals surface area contributed by atoms with Crippen molar-refractivity contribution in [2.75, 3.05) is 13.7 Å².